The smallest absolute Gasteiger partial charge is 0.342 e. The number of nitrogens with zero attached hydrogens (tertiary/aromatic N) is 4. The van der Waals surface area contributed by atoms with E-state index in [0.29, 0.717) is 24.2 Å². The van der Waals surface area contributed by atoms with E-state index >= 15 is 0 Å². The number of aromatic amines is 1. The highest BCUT2D eigenvalue weighted by molar-refractivity contribution is 5.97. The van der Waals surface area contributed by atoms with Crippen LogP contribution in [0.4, 0.5) is 5.69 Å². The summed E-state index contributed by atoms with van der Waals surface area (Å²) in [5.74, 6) is -2.13. The lowest BCUT2D eigenvalue weighted by atomic mass is 10.1. The monoisotopic (exact) mass is 438 g/mol. The van der Waals surface area contributed by atoms with E-state index in [0.717, 1.165) is 12.6 Å². The number of benzene rings is 1. The number of aromatic hydroxyl groups is 1. The van der Waals surface area contributed by atoms with Crippen molar-refractivity contribution in [3.63, 3.8) is 0 Å². The van der Waals surface area contributed by atoms with Crippen molar-refractivity contribution in [3.8, 4) is 17.3 Å². The molecule has 11 heteroatoms. The fraction of sp³-hybridized carbons (Fsp3) is 0.238. The molecule has 1 fully saturated rings. The van der Waals surface area contributed by atoms with Gasteiger partial charge in [-0.25, -0.2) is 14.8 Å². The predicted octanol–water partition coefficient (Wildman–Crippen LogP) is 1.91. The van der Waals surface area contributed by atoms with Crippen molar-refractivity contribution in [2.24, 2.45) is 0 Å². The number of aromatic nitrogens is 4. The summed E-state index contributed by atoms with van der Waals surface area (Å²) >= 11 is 0. The van der Waals surface area contributed by atoms with Crippen LogP contribution in [0.5, 0.6) is 5.88 Å². The molecule has 166 valence electrons. The summed E-state index contributed by atoms with van der Waals surface area (Å²) in [5.41, 5.74) is 0.714. The average Bonchev–Trinajstić information content (AvgIpc) is 3.49. The number of amides is 2. The number of carbonyl (C=O) groups excluding carboxylic acids is 2. The maximum atomic E-state index is 12.4. The first-order valence-electron chi connectivity index (χ1n) is 9.77. The minimum absolute atomic E-state index is 0.121. The fourth-order valence-corrected chi connectivity index (χ4v) is 3.22. The largest absolute Gasteiger partial charge is 0.493 e. The summed E-state index contributed by atoms with van der Waals surface area (Å²) < 4.78 is 0. The van der Waals surface area contributed by atoms with Crippen molar-refractivity contribution in [1.29, 1.82) is 0 Å². The maximum Gasteiger partial charge on any atom is 0.342 e. The van der Waals surface area contributed by atoms with Crippen LogP contribution >= 0.6 is 0 Å². The molecule has 2 amide bonds. The molecule has 1 saturated heterocycles. The zero-order valence-electron chi connectivity index (χ0n) is 17.2. The van der Waals surface area contributed by atoms with E-state index < -0.39 is 17.9 Å². The molecule has 3 aromatic rings. The molecule has 0 aliphatic carbocycles. The third-order valence-electron chi connectivity index (χ3n) is 4.78. The number of hydrogen-bond donors (Lipinski definition) is 4. The number of anilines is 1. The lowest BCUT2D eigenvalue weighted by Crippen LogP contribution is -2.42. The zero-order valence-corrected chi connectivity index (χ0v) is 17.2. The number of carbonyl (C=O) groups is 3. The molecule has 0 saturated carbocycles. The van der Waals surface area contributed by atoms with Crippen molar-refractivity contribution >= 4 is 23.5 Å². The van der Waals surface area contributed by atoms with Crippen LogP contribution in [-0.4, -0.2) is 65.4 Å². The van der Waals surface area contributed by atoms with Gasteiger partial charge in [0.1, 0.15) is 11.6 Å². The highest BCUT2D eigenvalue weighted by Gasteiger charge is 2.32. The third-order valence-corrected chi connectivity index (χ3v) is 4.78. The van der Waals surface area contributed by atoms with Crippen LogP contribution in [-0.2, 0) is 9.59 Å². The molecule has 1 unspecified atom stereocenters. The molecule has 0 radical (unpaired) electrons. The molecule has 11 nitrogen and oxygen atoms in total. The summed E-state index contributed by atoms with van der Waals surface area (Å²) in [6.45, 7) is 2.03. The Morgan fingerprint density at radius 1 is 1.22 bits per heavy atom. The summed E-state index contributed by atoms with van der Waals surface area (Å²) in [4.78, 5) is 50.6. The van der Waals surface area contributed by atoms with Gasteiger partial charge in [0.25, 0.3) is 0 Å². The molecule has 4 rings (SSSR count). The van der Waals surface area contributed by atoms with E-state index in [-0.39, 0.29) is 23.2 Å². The first-order valence-corrected chi connectivity index (χ1v) is 9.77. The second kappa shape index (κ2) is 10.2. The van der Waals surface area contributed by atoms with E-state index in [4.69, 9.17) is 5.11 Å². The van der Waals surface area contributed by atoms with Crippen LogP contribution in [0.1, 0.15) is 30.1 Å². The van der Waals surface area contributed by atoms with Crippen LogP contribution in [0.15, 0.2) is 49.2 Å². The average molecular weight is 438 g/mol. The van der Waals surface area contributed by atoms with Crippen LogP contribution in [0.3, 0.4) is 0 Å². The molecule has 0 spiro atoms. The van der Waals surface area contributed by atoms with Crippen molar-refractivity contribution in [2.45, 2.75) is 25.8 Å². The van der Waals surface area contributed by atoms with E-state index in [1.807, 2.05) is 0 Å². The Labute approximate surface area is 183 Å². The first kappa shape index (κ1) is 22.4. The molecule has 2 aromatic heterocycles. The highest BCUT2D eigenvalue weighted by atomic mass is 16.4. The molecule has 1 atom stereocenters. The number of aromatic carboxylic acids is 1. The molecular formula is C21H22N6O5. The standard InChI is InChI=1S/C18H18N4O5.C3H4N2/c1-10(23)22-8-2-3-14(22)17(25)20-12-6-4-11(5-7-12)15-19-9-13(18(26)27)16(24)21-15;1-2-5-3-4-1/h4-7,9,14H,2-3,8H2,1H3,(H,20,25)(H,26,27)(H,19,21,24);1-3H,(H,4,5). The van der Waals surface area contributed by atoms with Crippen molar-refractivity contribution in [3.05, 3.63) is 54.7 Å². The quantitative estimate of drug-likeness (QED) is 0.480. The topological polar surface area (TPSA) is 161 Å². The van der Waals surface area contributed by atoms with Gasteiger partial charge in [0.2, 0.25) is 17.7 Å². The van der Waals surface area contributed by atoms with Crippen molar-refractivity contribution < 1.29 is 24.6 Å². The fourth-order valence-electron chi connectivity index (χ4n) is 3.22. The molecule has 1 aliphatic heterocycles. The van der Waals surface area contributed by atoms with Crippen LogP contribution < -0.4 is 5.32 Å². The number of H-pyrrole nitrogens is 1. The van der Waals surface area contributed by atoms with Crippen LogP contribution in [0.25, 0.3) is 11.4 Å². The number of rotatable bonds is 4. The van der Waals surface area contributed by atoms with Gasteiger partial charge in [0.15, 0.2) is 5.82 Å². The number of nitrogens with one attached hydrogen (secondary N) is 2. The van der Waals surface area contributed by atoms with Gasteiger partial charge in [0.05, 0.1) is 6.33 Å². The third kappa shape index (κ3) is 5.45. The Bertz CT molecular complexity index is 1070. The Kier molecular flexibility index (Phi) is 7.11. The minimum atomic E-state index is -1.32. The maximum absolute atomic E-state index is 12.4. The number of carboxylic acids is 1. The predicted molar refractivity (Wildman–Crippen MR) is 114 cm³/mol. The summed E-state index contributed by atoms with van der Waals surface area (Å²) in [6.07, 6.45) is 7.54. The number of imidazole rings is 1. The Balaban J connectivity index is 0.000000509. The molecule has 4 N–H and O–H groups in total. The van der Waals surface area contributed by atoms with Gasteiger partial charge < -0.3 is 25.4 Å². The normalized spacial score (nSPS) is 14.9. The number of hydrogen-bond acceptors (Lipinski definition) is 7. The Morgan fingerprint density at radius 3 is 2.50 bits per heavy atom. The summed E-state index contributed by atoms with van der Waals surface area (Å²) in [5, 5.41) is 21.3. The van der Waals surface area contributed by atoms with E-state index in [1.54, 1.807) is 47.9 Å². The summed E-state index contributed by atoms with van der Waals surface area (Å²) in [7, 11) is 0. The second-order valence-electron chi connectivity index (χ2n) is 6.93. The molecule has 3 heterocycles. The van der Waals surface area contributed by atoms with Gasteiger partial charge in [-0.15, -0.1) is 0 Å². The molecule has 1 aromatic carbocycles. The van der Waals surface area contributed by atoms with Crippen molar-refractivity contribution in [2.75, 3.05) is 11.9 Å². The van der Waals surface area contributed by atoms with Gasteiger partial charge in [-0.1, -0.05) is 0 Å². The minimum Gasteiger partial charge on any atom is -0.493 e. The van der Waals surface area contributed by atoms with E-state index in [9.17, 15) is 19.5 Å². The molecule has 1 aliphatic rings. The lowest BCUT2D eigenvalue weighted by Gasteiger charge is -2.22. The van der Waals surface area contributed by atoms with Gasteiger partial charge in [-0.2, -0.15) is 4.98 Å². The van der Waals surface area contributed by atoms with E-state index in [1.165, 1.54) is 6.92 Å². The zero-order chi connectivity index (χ0) is 23.1. The first-order chi connectivity index (χ1) is 15.4. The van der Waals surface area contributed by atoms with E-state index in [2.05, 4.69) is 25.3 Å². The SMILES string of the molecule is CC(=O)N1CCCC1C(=O)Nc1ccc(-c2ncc(C(=O)O)c(O)n2)cc1.c1c[nH]cn1. The van der Waals surface area contributed by atoms with Crippen molar-refractivity contribution in [1.82, 2.24) is 24.8 Å². The number of carboxylic acid groups (broad SMARTS) is 1. The van der Waals surface area contributed by atoms with Gasteiger partial charge >= 0.3 is 5.97 Å². The van der Waals surface area contributed by atoms with Gasteiger partial charge in [0, 0.05) is 43.3 Å². The van der Waals surface area contributed by atoms with Crippen LogP contribution in [0.2, 0.25) is 0 Å². The Hall–Kier alpha value is -4.28. The number of likely N-dealkylation sites (tertiary alicyclic amines) is 1. The van der Waals surface area contributed by atoms with Crippen LogP contribution in [0, 0.1) is 0 Å². The second-order valence-corrected chi connectivity index (χ2v) is 6.93. The summed E-state index contributed by atoms with van der Waals surface area (Å²) in [6, 6.07) is 6.10. The highest BCUT2D eigenvalue weighted by Crippen LogP contribution is 2.23. The molecular weight excluding hydrogens is 416 g/mol. The molecule has 0 bridgehead atoms. The van der Waals surface area contributed by atoms with Gasteiger partial charge in [-0.3, -0.25) is 9.59 Å². The van der Waals surface area contributed by atoms with Gasteiger partial charge in [-0.05, 0) is 37.1 Å². The lowest BCUT2D eigenvalue weighted by molar-refractivity contribution is -0.134. The Morgan fingerprint density at radius 2 is 1.97 bits per heavy atom. The molecule has 32 heavy (non-hydrogen) atoms.